The molecule has 0 aliphatic heterocycles. The van der Waals surface area contributed by atoms with Crippen LogP contribution in [0.3, 0.4) is 0 Å². The molecular formula is C21H25ClN2O8S. The van der Waals surface area contributed by atoms with Gasteiger partial charge in [-0.15, -0.1) is 0 Å². The Labute approximate surface area is 196 Å². The van der Waals surface area contributed by atoms with Crippen LogP contribution in [0, 0.1) is 10.1 Å². The number of nitrogens with one attached hydrogen (secondary N) is 1. The lowest BCUT2D eigenvalue weighted by Gasteiger charge is -2.13. The van der Waals surface area contributed by atoms with Crippen molar-refractivity contribution < 1.29 is 32.3 Å². The van der Waals surface area contributed by atoms with Gasteiger partial charge in [-0.1, -0.05) is 11.6 Å². The van der Waals surface area contributed by atoms with Crippen molar-refractivity contribution >= 4 is 38.8 Å². The van der Waals surface area contributed by atoms with Crippen LogP contribution in [0.15, 0.2) is 41.3 Å². The van der Waals surface area contributed by atoms with Gasteiger partial charge in [0.1, 0.15) is 23.8 Å². The zero-order valence-corrected chi connectivity index (χ0v) is 19.9. The summed E-state index contributed by atoms with van der Waals surface area (Å²) in [7, 11) is -2.02. The summed E-state index contributed by atoms with van der Waals surface area (Å²) < 4.78 is 40.1. The Morgan fingerprint density at radius 2 is 1.91 bits per heavy atom. The molecule has 0 bridgehead atoms. The minimum absolute atomic E-state index is 0.0103. The lowest BCUT2D eigenvalue weighted by atomic mass is 10.2. The summed E-state index contributed by atoms with van der Waals surface area (Å²) in [4.78, 5) is 22.5. The van der Waals surface area contributed by atoms with Crippen molar-refractivity contribution in [1.82, 2.24) is 0 Å². The molecule has 33 heavy (non-hydrogen) atoms. The summed E-state index contributed by atoms with van der Waals surface area (Å²) in [6.45, 7) is 3.63. The number of sulfone groups is 1. The maximum Gasteiger partial charge on any atom is 0.307 e. The molecule has 0 unspecified atom stereocenters. The molecule has 0 atom stereocenters. The number of nitro groups is 1. The van der Waals surface area contributed by atoms with Gasteiger partial charge in [0.2, 0.25) is 0 Å². The van der Waals surface area contributed by atoms with E-state index < -0.39 is 26.0 Å². The van der Waals surface area contributed by atoms with Crippen molar-refractivity contribution in [3.8, 4) is 11.5 Å². The molecule has 0 saturated carbocycles. The fourth-order valence-corrected chi connectivity index (χ4v) is 4.00. The highest BCUT2D eigenvalue weighted by atomic mass is 35.5. The van der Waals surface area contributed by atoms with Gasteiger partial charge >= 0.3 is 5.97 Å². The van der Waals surface area contributed by atoms with Crippen LogP contribution in [0.1, 0.15) is 20.3 Å². The van der Waals surface area contributed by atoms with E-state index in [-0.39, 0.29) is 59.0 Å². The second kappa shape index (κ2) is 11.8. The number of carbonyl (C=O) groups is 1. The first kappa shape index (κ1) is 26.4. The van der Waals surface area contributed by atoms with E-state index >= 15 is 0 Å². The second-order valence-corrected chi connectivity index (χ2v) is 10.0. The number of ether oxygens (including phenoxy) is 3. The van der Waals surface area contributed by atoms with Crippen molar-refractivity contribution in [1.29, 1.82) is 0 Å². The third kappa shape index (κ3) is 7.31. The normalized spacial score (nSPS) is 11.3. The molecular weight excluding hydrogens is 476 g/mol. The first-order chi connectivity index (χ1) is 15.6. The highest BCUT2D eigenvalue weighted by Crippen LogP contribution is 2.35. The summed E-state index contributed by atoms with van der Waals surface area (Å²) >= 11 is 6.21. The van der Waals surface area contributed by atoms with Gasteiger partial charge in [0.15, 0.2) is 9.84 Å². The Hall–Kier alpha value is -2.89. The summed E-state index contributed by atoms with van der Waals surface area (Å²) in [5.74, 6) is -0.0640. The van der Waals surface area contributed by atoms with E-state index in [0.717, 1.165) is 0 Å². The lowest BCUT2D eigenvalue weighted by molar-refractivity contribution is -0.384. The number of hydrogen-bond acceptors (Lipinski definition) is 9. The molecule has 1 N–H and O–H groups in total. The average molecular weight is 501 g/mol. The van der Waals surface area contributed by atoms with E-state index in [4.69, 9.17) is 25.8 Å². The van der Waals surface area contributed by atoms with Crippen molar-refractivity contribution in [2.45, 2.75) is 30.4 Å². The molecule has 2 rings (SSSR count). The third-order valence-corrected chi connectivity index (χ3v) is 6.89. The lowest BCUT2D eigenvalue weighted by Crippen LogP contribution is -2.14. The van der Waals surface area contributed by atoms with Gasteiger partial charge in [-0.2, -0.15) is 0 Å². The number of rotatable bonds is 12. The van der Waals surface area contributed by atoms with E-state index in [1.807, 2.05) is 0 Å². The van der Waals surface area contributed by atoms with Crippen LogP contribution < -0.4 is 10.1 Å². The van der Waals surface area contributed by atoms with E-state index in [0.29, 0.717) is 0 Å². The predicted octanol–water partition coefficient (Wildman–Crippen LogP) is 4.21. The quantitative estimate of drug-likeness (QED) is 0.197. The van der Waals surface area contributed by atoms with Crippen LogP contribution >= 0.6 is 11.6 Å². The SMILES string of the molecule is COCCOC(=O)CCNc1cc(Oc2ccc(S(=O)(=O)C(C)C)cc2Cl)ccc1[N+](=O)[O-]. The maximum absolute atomic E-state index is 12.3. The smallest absolute Gasteiger partial charge is 0.307 e. The van der Waals surface area contributed by atoms with Gasteiger partial charge in [-0.3, -0.25) is 14.9 Å². The number of carbonyl (C=O) groups excluding carboxylic acids is 1. The number of benzene rings is 2. The summed E-state index contributed by atoms with van der Waals surface area (Å²) in [6, 6.07) is 8.13. The Kier molecular flexibility index (Phi) is 9.44. The number of esters is 1. The molecule has 0 amide bonds. The number of nitrogens with zero attached hydrogens (tertiary/aromatic N) is 1. The molecule has 12 heteroatoms. The van der Waals surface area contributed by atoms with Gasteiger partial charge in [0, 0.05) is 25.8 Å². The zero-order valence-electron chi connectivity index (χ0n) is 18.4. The predicted molar refractivity (Wildman–Crippen MR) is 123 cm³/mol. The number of halogens is 1. The standard InChI is InChI=1S/C21H25ClN2O8S/c1-14(2)33(28,29)16-5-7-20(17(22)13-16)32-15-4-6-19(24(26)27)18(12-15)23-9-8-21(25)31-11-10-30-3/h4-7,12-14,23H,8-11H2,1-3H3. The first-order valence-corrected chi connectivity index (χ1v) is 11.9. The van der Waals surface area contributed by atoms with Gasteiger partial charge in [0.05, 0.1) is 33.1 Å². The number of anilines is 1. The minimum Gasteiger partial charge on any atom is -0.463 e. The van der Waals surface area contributed by atoms with E-state index in [9.17, 15) is 23.3 Å². The molecule has 0 aliphatic rings. The molecule has 0 spiro atoms. The first-order valence-electron chi connectivity index (χ1n) is 9.94. The van der Waals surface area contributed by atoms with Gasteiger partial charge < -0.3 is 19.5 Å². The van der Waals surface area contributed by atoms with E-state index in [1.165, 1.54) is 43.5 Å². The zero-order chi connectivity index (χ0) is 24.6. The van der Waals surface area contributed by atoms with Crippen LogP contribution in [0.2, 0.25) is 5.02 Å². The van der Waals surface area contributed by atoms with Crippen LogP contribution in [-0.4, -0.2) is 51.4 Å². The van der Waals surface area contributed by atoms with Crippen LogP contribution in [0.25, 0.3) is 0 Å². The fourth-order valence-electron chi connectivity index (χ4n) is 2.63. The Morgan fingerprint density at radius 3 is 2.52 bits per heavy atom. The number of hydrogen-bond donors (Lipinski definition) is 1. The third-order valence-electron chi connectivity index (χ3n) is 4.44. The average Bonchev–Trinajstić information content (AvgIpc) is 2.75. The van der Waals surface area contributed by atoms with Gasteiger partial charge in [-0.25, -0.2) is 8.42 Å². The molecule has 10 nitrogen and oxygen atoms in total. The molecule has 0 aliphatic carbocycles. The minimum atomic E-state index is -3.51. The highest BCUT2D eigenvalue weighted by Gasteiger charge is 2.21. The monoisotopic (exact) mass is 500 g/mol. The van der Waals surface area contributed by atoms with Crippen molar-refractivity contribution in [2.75, 3.05) is 32.2 Å². The van der Waals surface area contributed by atoms with Gasteiger partial charge in [0.25, 0.3) is 5.69 Å². The molecule has 0 fully saturated rings. The largest absolute Gasteiger partial charge is 0.463 e. The Balaban J connectivity index is 2.15. The highest BCUT2D eigenvalue weighted by molar-refractivity contribution is 7.92. The molecule has 180 valence electrons. The summed E-state index contributed by atoms with van der Waals surface area (Å²) in [5, 5.41) is 13.6. The Bertz CT molecular complexity index is 1110. The molecule has 2 aromatic carbocycles. The van der Waals surface area contributed by atoms with Crippen LogP contribution in [-0.2, 0) is 24.1 Å². The molecule has 0 aromatic heterocycles. The van der Waals surface area contributed by atoms with E-state index in [2.05, 4.69) is 5.32 Å². The van der Waals surface area contributed by atoms with Gasteiger partial charge in [-0.05, 0) is 38.1 Å². The van der Waals surface area contributed by atoms with Crippen molar-refractivity contribution in [3.63, 3.8) is 0 Å². The van der Waals surface area contributed by atoms with Crippen LogP contribution in [0.4, 0.5) is 11.4 Å². The fraction of sp³-hybridized carbons (Fsp3) is 0.381. The molecule has 0 saturated heterocycles. The summed E-state index contributed by atoms with van der Waals surface area (Å²) in [5.41, 5.74) is -0.0723. The second-order valence-electron chi connectivity index (χ2n) is 7.11. The topological polar surface area (TPSA) is 134 Å². The number of methoxy groups -OCH3 is 1. The van der Waals surface area contributed by atoms with Crippen molar-refractivity contribution in [3.05, 3.63) is 51.5 Å². The molecule has 0 radical (unpaired) electrons. The molecule has 0 heterocycles. The Morgan fingerprint density at radius 1 is 1.18 bits per heavy atom. The van der Waals surface area contributed by atoms with Crippen molar-refractivity contribution in [2.24, 2.45) is 0 Å². The van der Waals surface area contributed by atoms with E-state index in [1.54, 1.807) is 13.8 Å². The molecule has 2 aromatic rings. The van der Waals surface area contributed by atoms with Crippen LogP contribution in [0.5, 0.6) is 11.5 Å². The number of nitro benzene ring substituents is 1. The summed E-state index contributed by atoms with van der Waals surface area (Å²) in [6.07, 6.45) is -0.0103. The maximum atomic E-state index is 12.3.